The summed E-state index contributed by atoms with van der Waals surface area (Å²) in [5, 5.41) is 1.90. The first-order valence-corrected chi connectivity index (χ1v) is 8.27. The molecule has 0 saturated carbocycles. The van der Waals surface area contributed by atoms with E-state index in [-0.39, 0.29) is 0 Å². The van der Waals surface area contributed by atoms with Crippen LogP contribution in [0.5, 0.6) is 0 Å². The molecule has 2 N–H and O–H groups in total. The summed E-state index contributed by atoms with van der Waals surface area (Å²) in [6, 6.07) is 13.7. The van der Waals surface area contributed by atoms with E-state index >= 15 is 0 Å². The van der Waals surface area contributed by atoms with Gasteiger partial charge < -0.3 is 5.73 Å². The summed E-state index contributed by atoms with van der Waals surface area (Å²) < 4.78 is 0. The average molecular weight is 335 g/mol. The van der Waals surface area contributed by atoms with E-state index in [1.807, 2.05) is 42.5 Å². The second-order valence-electron chi connectivity index (χ2n) is 5.93. The van der Waals surface area contributed by atoms with E-state index in [2.05, 4.69) is 21.8 Å². The zero-order valence-electron chi connectivity index (χ0n) is 13.8. The summed E-state index contributed by atoms with van der Waals surface area (Å²) in [4.78, 5) is 18.8. The maximum atomic E-state index is 5.46. The SMILES string of the molecule is NCC#Cc1ccc2nc3c4cccnc4c4ncccc4c3nc2c1. The third kappa shape index (κ3) is 2.17. The summed E-state index contributed by atoms with van der Waals surface area (Å²) in [5.41, 5.74) is 11.3. The number of nitrogens with two attached hydrogens (primary N) is 1. The second-order valence-corrected chi connectivity index (χ2v) is 5.93. The van der Waals surface area contributed by atoms with E-state index in [4.69, 9.17) is 15.7 Å². The lowest BCUT2D eigenvalue weighted by molar-refractivity contribution is 1.30. The number of fused-ring (bicyclic) bond motifs is 7. The highest BCUT2D eigenvalue weighted by atomic mass is 14.8. The third-order valence-electron chi connectivity index (χ3n) is 4.35. The minimum atomic E-state index is 0.330. The first kappa shape index (κ1) is 14.7. The Hall–Kier alpha value is -3.62. The lowest BCUT2D eigenvalue weighted by Crippen LogP contribution is -1.94. The van der Waals surface area contributed by atoms with Crippen molar-refractivity contribution in [2.45, 2.75) is 0 Å². The Balaban J connectivity index is 1.96. The molecule has 5 nitrogen and oxygen atoms in total. The fourth-order valence-corrected chi connectivity index (χ4v) is 3.23. The van der Waals surface area contributed by atoms with Crippen molar-refractivity contribution in [3.8, 4) is 11.8 Å². The molecule has 2 aromatic carbocycles. The minimum absolute atomic E-state index is 0.330. The summed E-state index contributed by atoms with van der Waals surface area (Å²) >= 11 is 0. The van der Waals surface area contributed by atoms with Crippen molar-refractivity contribution in [1.29, 1.82) is 0 Å². The van der Waals surface area contributed by atoms with Crippen molar-refractivity contribution in [1.82, 2.24) is 19.9 Å². The predicted molar refractivity (Wildman–Crippen MR) is 104 cm³/mol. The van der Waals surface area contributed by atoms with Crippen LogP contribution >= 0.6 is 0 Å². The number of benzene rings is 2. The van der Waals surface area contributed by atoms with Gasteiger partial charge in [-0.25, -0.2) is 9.97 Å². The van der Waals surface area contributed by atoms with Crippen LogP contribution in [-0.2, 0) is 0 Å². The third-order valence-corrected chi connectivity index (χ3v) is 4.35. The van der Waals surface area contributed by atoms with Crippen LogP contribution in [0.2, 0.25) is 0 Å². The van der Waals surface area contributed by atoms with E-state index < -0.39 is 0 Å². The molecule has 0 spiro atoms. The molecule has 3 heterocycles. The van der Waals surface area contributed by atoms with Gasteiger partial charge >= 0.3 is 0 Å². The topological polar surface area (TPSA) is 77.6 Å². The van der Waals surface area contributed by atoms with Crippen LogP contribution in [0, 0.1) is 11.8 Å². The van der Waals surface area contributed by atoms with Gasteiger partial charge in [0, 0.05) is 28.7 Å². The monoisotopic (exact) mass is 335 g/mol. The molecular weight excluding hydrogens is 322 g/mol. The number of nitrogens with zero attached hydrogens (tertiary/aromatic N) is 4. The fraction of sp³-hybridized carbons (Fsp3) is 0.0476. The van der Waals surface area contributed by atoms with Crippen molar-refractivity contribution in [2.24, 2.45) is 5.73 Å². The van der Waals surface area contributed by atoms with Gasteiger partial charge in [-0.2, -0.15) is 0 Å². The van der Waals surface area contributed by atoms with Crippen LogP contribution in [0.3, 0.4) is 0 Å². The summed E-state index contributed by atoms with van der Waals surface area (Å²) in [7, 11) is 0. The number of aromatic nitrogens is 4. The Morgan fingerprint density at radius 2 is 1.42 bits per heavy atom. The Kier molecular flexibility index (Phi) is 3.24. The molecule has 0 fully saturated rings. The van der Waals surface area contributed by atoms with Crippen molar-refractivity contribution in [3.05, 3.63) is 60.4 Å². The second kappa shape index (κ2) is 5.73. The molecule has 0 aliphatic heterocycles. The van der Waals surface area contributed by atoms with E-state index in [1.54, 1.807) is 12.4 Å². The van der Waals surface area contributed by atoms with Gasteiger partial charge in [-0.05, 0) is 42.5 Å². The van der Waals surface area contributed by atoms with Crippen LogP contribution in [0.1, 0.15) is 5.56 Å². The van der Waals surface area contributed by atoms with Crippen molar-refractivity contribution < 1.29 is 0 Å². The highest BCUT2D eigenvalue weighted by Gasteiger charge is 2.13. The molecule has 0 bridgehead atoms. The van der Waals surface area contributed by atoms with Crippen LogP contribution in [-0.4, -0.2) is 26.5 Å². The van der Waals surface area contributed by atoms with Crippen LogP contribution in [0.25, 0.3) is 43.9 Å². The Morgan fingerprint density at radius 3 is 2.08 bits per heavy atom. The van der Waals surface area contributed by atoms with E-state index in [9.17, 15) is 0 Å². The average Bonchev–Trinajstić information content (AvgIpc) is 2.71. The van der Waals surface area contributed by atoms with Gasteiger partial charge in [-0.15, -0.1) is 0 Å². The molecule has 0 unspecified atom stereocenters. The Morgan fingerprint density at radius 1 is 0.769 bits per heavy atom. The number of pyridine rings is 2. The van der Waals surface area contributed by atoms with Crippen LogP contribution < -0.4 is 5.73 Å². The van der Waals surface area contributed by atoms with E-state index in [1.165, 1.54) is 0 Å². The lowest BCUT2D eigenvalue weighted by atomic mass is 10.1. The number of hydrogen-bond acceptors (Lipinski definition) is 5. The van der Waals surface area contributed by atoms with Gasteiger partial charge in [0.2, 0.25) is 0 Å². The molecule has 3 aromatic heterocycles. The molecule has 0 atom stereocenters. The van der Waals surface area contributed by atoms with Gasteiger partial charge in [-0.3, -0.25) is 9.97 Å². The smallest absolute Gasteiger partial charge is 0.0996 e. The first-order valence-electron chi connectivity index (χ1n) is 8.27. The quantitative estimate of drug-likeness (QED) is 0.267. The normalized spacial score (nSPS) is 11.1. The molecule has 5 aromatic rings. The zero-order chi connectivity index (χ0) is 17.5. The first-order chi connectivity index (χ1) is 12.8. The van der Waals surface area contributed by atoms with Gasteiger partial charge in [-0.1, -0.05) is 11.8 Å². The summed E-state index contributed by atoms with van der Waals surface area (Å²) in [6.45, 7) is 0.330. The number of hydrogen-bond donors (Lipinski definition) is 1. The molecule has 5 heteroatoms. The molecule has 0 aliphatic carbocycles. The summed E-state index contributed by atoms with van der Waals surface area (Å²) in [5.74, 6) is 5.92. The lowest BCUT2D eigenvalue weighted by Gasteiger charge is -2.08. The molecule has 0 aliphatic rings. The minimum Gasteiger partial charge on any atom is -0.320 e. The molecule has 0 amide bonds. The van der Waals surface area contributed by atoms with Crippen molar-refractivity contribution >= 4 is 43.9 Å². The van der Waals surface area contributed by atoms with Gasteiger partial charge in [0.05, 0.1) is 39.6 Å². The zero-order valence-corrected chi connectivity index (χ0v) is 13.8. The van der Waals surface area contributed by atoms with E-state index in [0.717, 1.165) is 49.4 Å². The molecular formula is C21H13N5. The molecule has 5 rings (SSSR count). The fourth-order valence-electron chi connectivity index (χ4n) is 3.23. The highest BCUT2D eigenvalue weighted by molar-refractivity contribution is 6.21. The Bertz CT molecular complexity index is 1380. The van der Waals surface area contributed by atoms with Crippen molar-refractivity contribution in [3.63, 3.8) is 0 Å². The van der Waals surface area contributed by atoms with Gasteiger partial charge in [0.15, 0.2) is 0 Å². The van der Waals surface area contributed by atoms with Crippen LogP contribution in [0.15, 0.2) is 54.9 Å². The summed E-state index contributed by atoms with van der Waals surface area (Å²) in [6.07, 6.45) is 3.55. The molecule has 0 saturated heterocycles. The molecule has 26 heavy (non-hydrogen) atoms. The van der Waals surface area contributed by atoms with Crippen LogP contribution in [0.4, 0.5) is 0 Å². The van der Waals surface area contributed by atoms with Gasteiger partial charge in [0.1, 0.15) is 0 Å². The van der Waals surface area contributed by atoms with Gasteiger partial charge in [0.25, 0.3) is 0 Å². The highest BCUT2D eigenvalue weighted by Crippen LogP contribution is 2.31. The maximum absolute atomic E-state index is 5.46. The largest absolute Gasteiger partial charge is 0.320 e. The molecule has 122 valence electrons. The van der Waals surface area contributed by atoms with Crippen molar-refractivity contribution in [2.75, 3.05) is 6.54 Å². The maximum Gasteiger partial charge on any atom is 0.0996 e. The predicted octanol–water partition coefficient (Wildman–Crippen LogP) is 3.19. The number of rotatable bonds is 0. The van der Waals surface area contributed by atoms with E-state index in [0.29, 0.717) is 6.54 Å². The Labute approximate surface area is 148 Å². The standard InChI is InChI=1S/C21H13N5/c22-9-1-4-13-7-8-16-17(12-13)26-21-15-6-3-11-24-19(15)18-14(20(21)25-16)5-2-10-23-18/h2-3,5-8,10-12H,9,22H2. The molecule has 0 radical (unpaired) electrons.